The van der Waals surface area contributed by atoms with E-state index in [1.165, 1.54) is 24.5 Å². The van der Waals surface area contributed by atoms with Gasteiger partial charge in [-0.05, 0) is 54.4 Å². The fraction of sp³-hybridized carbons (Fsp3) is 0.0714. The molecule has 0 amide bonds. The minimum Gasteiger partial charge on any atom is -0.396 e. The van der Waals surface area contributed by atoms with Gasteiger partial charge in [-0.3, -0.25) is 9.29 Å². The molecule has 6 rings (SSSR count). The van der Waals surface area contributed by atoms with Gasteiger partial charge in [0, 0.05) is 6.61 Å². The quantitative estimate of drug-likeness (QED) is 0.183. The van der Waals surface area contributed by atoms with Gasteiger partial charge >= 0.3 is 0 Å². The van der Waals surface area contributed by atoms with Crippen molar-refractivity contribution >= 4 is 72.5 Å². The Balaban J connectivity index is 1.39. The average Bonchev–Trinajstić information content (AvgIpc) is 3.43. The van der Waals surface area contributed by atoms with Crippen molar-refractivity contribution in [1.29, 1.82) is 0 Å². The number of sulfonamides is 1. The van der Waals surface area contributed by atoms with Gasteiger partial charge in [0.25, 0.3) is 10.0 Å². The van der Waals surface area contributed by atoms with E-state index in [9.17, 15) is 17.9 Å². The second-order valence-electron chi connectivity index (χ2n) is 9.20. The lowest BCUT2D eigenvalue weighted by atomic mass is 10.1. The lowest BCUT2D eigenvalue weighted by Gasteiger charge is -2.15. The van der Waals surface area contributed by atoms with Crippen LogP contribution in [0.5, 0.6) is 0 Å². The number of halogens is 4. The first-order valence-electron chi connectivity index (χ1n) is 12.6. The van der Waals surface area contributed by atoms with E-state index in [1.807, 2.05) is 18.2 Å². The second kappa shape index (κ2) is 11.3. The molecule has 6 aromatic rings. The van der Waals surface area contributed by atoms with Crippen LogP contribution in [0.25, 0.3) is 27.9 Å². The van der Waals surface area contributed by atoms with E-state index in [0.717, 1.165) is 23.2 Å². The SMILES string of the molecule is O=S(=O)(Nc1ccc(F)c(Nc2ncnc3ccc(-n4cnc5c(CCO)cccc54)nc23)c1F)c1cccc(Cl)c1Cl. The number of aromatic nitrogens is 5. The average molecular weight is 642 g/mol. The Bertz CT molecular complexity index is 2150. The molecule has 0 radical (unpaired) electrons. The van der Waals surface area contributed by atoms with Gasteiger partial charge in [-0.1, -0.05) is 41.4 Å². The first-order chi connectivity index (χ1) is 20.7. The summed E-state index contributed by atoms with van der Waals surface area (Å²) in [6, 6.07) is 14.8. The summed E-state index contributed by atoms with van der Waals surface area (Å²) in [4.78, 5) is 17.1. The number of pyridine rings is 1. The molecule has 0 unspecified atom stereocenters. The summed E-state index contributed by atoms with van der Waals surface area (Å²) in [6.45, 7) is -0.0311. The molecule has 3 aromatic heterocycles. The number of hydrogen-bond acceptors (Lipinski definition) is 8. The number of hydrogen-bond donors (Lipinski definition) is 3. The summed E-state index contributed by atoms with van der Waals surface area (Å²) in [5.74, 6) is -1.86. The molecule has 0 fully saturated rings. The van der Waals surface area contributed by atoms with Crippen molar-refractivity contribution in [3.05, 3.63) is 101 Å². The molecule has 0 aliphatic rings. The maximum atomic E-state index is 15.6. The van der Waals surface area contributed by atoms with Crippen molar-refractivity contribution in [3.63, 3.8) is 0 Å². The molecule has 0 saturated carbocycles. The Morgan fingerprint density at radius 3 is 2.56 bits per heavy atom. The highest BCUT2D eigenvalue weighted by molar-refractivity contribution is 7.92. The van der Waals surface area contributed by atoms with Gasteiger partial charge in [0.2, 0.25) is 0 Å². The standard InChI is InChI=1S/C28H19Cl2F2N7O3S/c29-16-4-2-6-21(23(16)30)43(41,42)38-18-8-7-17(31)26(24(18)32)37-28-27-19(33-13-34-28)9-10-22(36-27)39-14-35-25-15(11-12-40)3-1-5-20(25)39/h1-10,13-14,38,40H,11-12H2,(H,33,34,37). The Labute approximate surface area is 253 Å². The summed E-state index contributed by atoms with van der Waals surface area (Å²) in [6.07, 6.45) is 3.21. The predicted octanol–water partition coefficient (Wildman–Crippen LogP) is 6.03. The van der Waals surface area contributed by atoms with Crippen LogP contribution in [0.1, 0.15) is 5.56 Å². The van der Waals surface area contributed by atoms with Gasteiger partial charge < -0.3 is 10.4 Å². The van der Waals surface area contributed by atoms with Crippen LogP contribution in [-0.2, 0) is 16.4 Å². The van der Waals surface area contributed by atoms with E-state index in [1.54, 1.807) is 23.0 Å². The first kappa shape index (κ1) is 28.7. The van der Waals surface area contributed by atoms with Crippen molar-refractivity contribution in [2.24, 2.45) is 0 Å². The summed E-state index contributed by atoms with van der Waals surface area (Å²) in [5.41, 5.74) is 1.64. The third kappa shape index (κ3) is 5.31. The van der Waals surface area contributed by atoms with E-state index >= 15 is 4.39 Å². The lowest BCUT2D eigenvalue weighted by Crippen LogP contribution is -2.15. The fourth-order valence-corrected chi connectivity index (χ4v) is 6.34. The normalized spacial score (nSPS) is 11.7. The van der Waals surface area contributed by atoms with Crippen molar-refractivity contribution in [2.75, 3.05) is 16.6 Å². The molecule has 0 atom stereocenters. The molecule has 0 spiro atoms. The summed E-state index contributed by atoms with van der Waals surface area (Å²) >= 11 is 12.0. The Morgan fingerprint density at radius 1 is 0.930 bits per heavy atom. The Hall–Kier alpha value is -4.43. The van der Waals surface area contributed by atoms with E-state index in [0.29, 0.717) is 23.3 Å². The van der Waals surface area contributed by atoms with E-state index in [4.69, 9.17) is 23.2 Å². The van der Waals surface area contributed by atoms with Crippen LogP contribution in [-0.4, -0.2) is 44.6 Å². The number of benzene rings is 3. The van der Waals surface area contributed by atoms with Crippen LogP contribution in [0, 0.1) is 11.6 Å². The number of fused-ring (bicyclic) bond motifs is 2. The summed E-state index contributed by atoms with van der Waals surface area (Å²) < 4.78 is 60.4. The topological polar surface area (TPSA) is 135 Å². The molecule has 3 aromatic carbocycles. The molecule has 3 N–H and O–H groups in total. The second-order valence-corrected chi connectivity index (χ2v) is 11.6. The van der Waals surface area contributed by atoms with Crippen LogP contribution in [0.2, 0.25) is 10.0 Å². The highest BCUT2D eigenvalue weighted by Gasteiger charge is 2.24. The maximum absolute atomic E-state index is 15.6. The van der Waals surface area contributed by atoms with Crippen LogP contribution in [0.3, 0.4) is 0 Å². The fourth-order valence-electron chi connectivity index (χ4n) is 4.51. The highest BCUT2D eigenvalue weighted by Crippen LogP contribution is 2.34. The van der Waals surface area contributed by atoms with Crippen molar-refractivity contribution < 1.29 is 22.3 Å². The van der Waals surface area contributed by atoms with Crippen LogP contribution >= 0.6 is 23.2 Å². The maximum Gasteiger partial charge on any atom is 0.263 e. The summed E-state index contributed by atoms with van der Waals surface area (Å²) in [7, 11) is -4.40. The molecule has 0 saturated heterocycles. The Morgan fingerprint density at radius 2 is 1.74 bits per heavy atom. The third-order valence-corrected chi connectivity index (χ3v) is 8.88. The van der Waals surface area contributed by atoms with Gasteiger partial charge in [0.05, 0.1) is 32.3 Å². The first-order valence-corrected chi connectivity index (χ1v) is 14.8. The van der Waals surface area contributed by atoms with Crippen LogP contribution in [0.4, 0.5) is 26.0 Å². The third-order valence-electron chi connectivity index (χ3n) is 6.54. The number of anilines is 3. The molecule has 43 heavy (non-hydrogen) atoms. The van der Waals surface area contributed by atoms with E-state index in [2.05, 4.69) is 30.0 Å². The minimum absolute atomic E-state index is 0.0109. The number of para-hydroxylation sites is 1. The van der Waals surface area contributed by atoms with Crippen molar-refractivity contribution in [1.82, 2.24) is 24.5 Å². The molecular formula is C28H19Cl2F2N7O3S. The van der Waals surface area contributed by atoms with E-state index in [-0.39, 0.29) is 32.9 Å². The monoisotopic (exact) mass is 641 g/mol. The molecule has 0 aliphatic carbocycles. The summed E-state index contributed by atoms with van der Waals surface area (Å²) in [5, 5.41) is 11.7. The largest absolute Gasteiger partial charge is 0.396 e. The van der Waals surface area contributed by atoms with Gasteiger partial charge in [-0.15, -0.1) is 0 Å². The number of aliphatic hydroxyl groups is 1. The molecular weight excluding hydrogens is 623 g/mol. The van der Waals surface area contributed by atoms with Gasteiger partial charge in [-0.25, -0.2) is 37.1 Å². The van der Waals surface area contributed by atoms with Crippen molar-refractivity contribution in [3.8, 4) is 5.82 Å². The zero-order valence-corrected chi connectivity index (χ0v) is 24.1. The van der Waals surface area contributed by atoms with Gasteiger partial charge in [0.15, 0.2) is 11.6 Å². The molecule has 3 heterocycles. The van der Waals surface area contributed by atoms with E-state index < -0.39 is 33.0 Å². The number of rotatable bonds is 8. The van der Waals surface area contributed by atoms with Crippen molar-refractivity contribution in [2.45, 2.75) is 11.3 Å². The zero-order valence-electron chi connectivity index (χ0n) is 21.8. The Kier molecular flexibility index (Phi) is 7.56. The number of imidazole rings is 1. The van der Waals surface area contributed by atoms with Crippen LogP contribution < -0.4 is 10.0 Å². The smallest absolute Gasteiger partial charge is 0.263 e. The number of aliphatic hydroxyl groups excluding tert-OH is 1. The van der Waals surface area contributed by atoms with Crippen LogP contribution in [0.15, 0.2) is 78.2 Å². The predicted molar refractivity (Wildman–Crippen MR) is 160 cm³/mol. The molecule has 218 valence electrons. The zero-order chi connectivity index (χ0) is 30.3. The molecule has 10 nitrogen and oxygen atoms in total. The molecule has 0 bridgehead atoms. The van der Waals surface area contributed by atoms with Gasteiger partial charge in [-0.2, -0.15) is 0 Å². The lowest BCUT2D eigenvalue weighted by molar-refractivity contribution is 0.300. The minimum atomic E-state index is -4.40. The van der Waals surface area contributed by atoms with Gasteiger partial charge in [0.1, 0.15) is 40.4 Å². The number of nitrogens with one attached hydrogen (secondary N) is 2. The molecule has 15 heteroatoms. The molecule has 0 aliphatic heterocycles. The highest BCUT2D eigenvalue weighted by atomic mass is 35.5. The number of nitrogens with zero attached hydrogens (tertiary/aromatic N) is 5.